The number of rotatable bonds is 5. The fourth-order valence-corrected chi connectivity index (χ4v) is 2.47. The molecule has 0 aromatic heterocycles. The zero-order valence-electron chi connectivity index (χ0n) is 10.7. The second-order valence-corrected chi connectivity index (χ2v) is 5.72. The van der Waals surface area contributed by atoms with E-state index < -0.39 is 0 Å². The average molecular weight is 320 g/mol. The lowest BCUT2D eigenvalue weighted by Crippen LogP contribution is -2.19. The summed E-state index contributed by atoms with van der Waals surface area (Å²) in [6.45, 7) is 0.645. The van der Waals surface area contributed by atoms with Gasteiger partial charge in [-0.05, 0) is 60.7 Å². The van der Waals surface area contributed by atoms with Crippen molar-refractivity contribution in [2.24, 2.45) is 11.7 Å². The van der Waals surface area contributed by atoms with E-state index in [1.807, 2.05) is 18.2 Å². The summed E-state index contributed by atoms with van der Waals surface area (Å²) in [5, 5.41) is 9.48. The van der Waals surface area contributed by atoms with Crippen LogP contribution < -0.4 is 5.73 Å². The molecule has 2 nitrogen and oxygen atoms in total. The van der Waals surface area contributed by atoms with Crippen molar-refractivity contribution >= 4 is 15.9 Å². The van der Waals surface area contributed by atoms with Gasteiger partial charge in [-0.2, -0.15) is 0 Å². The number of phenolic OH excluding ortho intramolecular Hbond substituents is 1. The maximum Gasteiger partial charge on any atom is 0.115 e. The molecule has 19 heavy (non-hydrogen) atoms. The van der Waals surface area contributed by atoms with Crippen molar-refractivity contribution in [1.82, 2.24) is 0 Å². The third-order valence-electron chi connectivity index (χ3n) is 3.21. The van der Waals surface area contributed by atoms with Gasteiger partial charge in [-0.15, -0.1) is 0 Å². The van der Waals surface area contributed by atoms with Gasteiger partial charge in [-0.25, -0.2) is 0 Å². The molecule has 100 valence electrons. The molecular weight excluding hydrogens is 302 g/mol. The summed E-state index contributed by atoms with van der Waals surface area (Å²) >= 11 is 3.44. The Morgan fingerprint density at radius 1 is 1.00 bits per heavy atom. The molecule has 3 heteroatoms. The lowest BCUT2D eigenvalue weighted by Gasteiger charge is -2.15. The Kier molecular flexibility index (Phi) is 5.00. The molecule has 0 radical (unpaired) electrons. The molecule has 3 N–H and O–H groups in total. The highest BCUT2D eigenvalue weighted by molar-refractivity contribution is 9.10. The number of hydrogen-bond donors (Lipinski definition) is 2. The molecule has 1 atom stereocenters. The van der Waals surface area contributed by atoms with Crippen molar-refractivity contribution in [2.75, 3.05) is 6.54 Å². The van der Waals surface area contributed by atoms with Gasteiger partial charge < -0.3 is 10.8 Å². The molecule has 0 bridgehead atoms. The minimum Gasteiger partial charge on any atom is -0.508 e. The van der Waals surface area contributed by atoms with Gasteiger partial charge in [0.05, 0.1) is 0 Å². The van der Waals surface area contributed by atoms with Crippen LogP contribution in [0, 0.1) is 5.92 Å². The van der Waals surface area contributed by atoms with Crippen molar-refractivity contribution < 1.29 is 5.11 Å². The standard InChI is InChI=1S/C16H18BrNO/c17-15-6-4-12(5-7-15)8-14(11-18)9-13-2-1-3-16(19)10-13/h1-7,10,14,19H,8-9,11,18H2. The van der Waals surface area contributed by atoms with Gasteiger partial charge in [-0.1, -0.05) is 40.2 Å². The van der Waals surface area contributed by atoms with E-state index in [0.29, 0.717) is 18.2 Å². The maximum atomic E-state index is 9.48. The van der Waals surface area contributed by atoms with Gasteiger partial charge in [0.1, 0.15) is 5.75 Å². The smallest absolute Gasteiger partial charge is 0.115 e. The largest absolute Gasteiger partial charge is 0.508 e. The second kappa shape index (κ2) is 6.73. The third-order valence-corrected chi connectivity index (χ3v) is 3.73. The number of halogens is 1. The Labute approximate surface area is 122 Å². The maximum absolute atomic E-state index is 9.48. The second-order valence-electron chi connectivity index (χ2n) is 4.81. The van der Waals surface area contributed by atoms with Crippen LogP contribution in [0.5, 0.6) is 5.75 Å². The van der Waals surface area contributed by atoms with E-state index in [-0.39, 0.29) is 0 Å². The van der Waals surface area contributed by atoms with Crippen LogP contribution in [0.2, 0.25) is 0 Å². The van der Waals surface area contributed by atoms with Crippen LogP contribution in [0.1, 0.15) is 11.1 Å². The Morgan fingerprint density at radius 2 is 1.68 bits per heavy atom. The molecule has 0 aliphatic carbocycles. The SMILES string of the molecule is NCC(Cc1ccc(Br)cc1)Cc1cccc(O)c1. The zero-order valence-corrected chi connectivity index (χ0v) is 12.3. The molecule has 2 rings (SSSR count). The first kappa shape index (κ1) is 14.1. The van der Waals surface area contributed by atoms with Gasteiger partial charge in [0.25, 0.3) is 0 Å². The molecular formula is C16H18BrNO. The van der Waals surface area contributed by atoms with Crippen LogP contribution in [0.4, 0.5) is 0 Å². The lowest BCUT2D eigenvalue weighted by molar-refractivity contribution is 0.472. The van der Waals surface area contributed by atoms with E-state index in [4.69, 9.17) is 5.73 Å². The predicted octanol–water partition coefficient (Wildman–Crippen LogP) is 3.51. The summed E-state index contributed by atoms with van der Waals surface area (Å²) in [5.41, 5.74) is 8.29. The van der Waals surface area contributed by atoms with Crippen LogP contribution in [0.15, 0.2) is 53.0 Å². The summed E-state index contributed by atoms with van der Waals surface area (Å²) < 4.78 is 1.09. The molecule has 0 heterocycles. The van der Waals surface area contributed by atoms with Crippen molar-refractivity contribution in [3.8, 4) is 5.75 Å². The minimum absolute atomic E-state index is 0.317. The number of hydrogen-bond acceptors (Lipinski definition) is 2. The molecule has 0 saturated heterocycles. The van der Waals surface area contributed by atoms with Crippen molar-refractivity contribution in [1.29, 1.82) is 0 Å². The summed E-state index contributed by atoms with van der Waals surface area (Å²) in [7, 11) is 0. The Bertz CT molecular complexity index is 525. The van der Waals surface area contributed by atoms with Gasteiger partial charge in [-0.3, -0.25) is 0 Å². The van der Waals surface area contributed by atoms with Gasteiger partial charge in [0.15, 0.2) is 0 Å². The number of phenols is 1. The zero-order chi connectivity index (χ0) is 13.7. The van der Waals surface area contributed by atoms with Gasteiger partial charge in [0.2, 0.25) is 0 Å². The third kappa shape index (κ3) is 4.37. The van der Waals surface area contributed by atoms with E-state index in [0.717, 1.165) is 22.9 Å². The van der Waals surface area contributed by atoms with Gasteiger partial charge in [0, 0.05) is 4.47 Å². The molecule has 0 aliphatic rings. The first-order chi connectivity index (χ1) is 9.17. The highest BCUT2D eigenvalue weighted by atomic mass is 79.9. The summed E-state index contributed by atoms with van der Waals surface area (Å²) in [6.07, 6.45) is 1.85. The molecule has 2 aromatic carbocycles. The summed E-state index contributed by atoms with van der Waals surface area (Å²) in [4.78, 5) is 0. The Morgan fingerprint density at radius 3 is 2.32 bits per heavy atom. The van der Waals surface area contributed by atoms with E-state index in [1.165, 1.54) is 5.56 Å². The van der Waals surface area contributed by atoms with Crippen LogP contribution in [0.25, 0.3) is 0 Å². The molecule has 0 fully saturated rings. The number of aromatic hydroxyl groups is 1. The van der Waals surface area contributed by atoms with Crippen LogP contribution in [-0.4, -0.2) is 11.7 Å². The van der Waals surface area contributed by atoms with Crippen LogP contribution in [0.3, 0.4) is 0 Å². The number of nitrogens with two attached hydrogens (primary N) is 1. The first-order valence-corrected chi connectivity index (χ1v) is 7.19. The van der Waals surface area contributed by atoms with E-state index >= 15 is 0 Å². The van der Waals surface area contributed by atoms with Crippen LogP contribution in [-0.2, 0) is 12.8 Å². The molecule has 0 amide bonds. The Balaban J connectivity index is 2.02. The quantitative estimate of drug-likeness (QED) is 0.885. The van der Waals surface area contributed by atoms with Crippen molar-refractivity contribution in [3.05, 3.63) is 64.1 Å². The molecule has 1 unspecified atom stereocenters. The first-order valence-electron chi connectivity index (χ1n) is 6.40. The molecule has 0 spiro atoms. The fourth-order valence-electron chi connectivity index (χ4n) is 2.21. The normalized spacial score (nSPS) is 12.3. The fraction of sp³-hybridized carbons (Fsp3) is 0.250. The molecule has 0 saturated carbocycles. The highest BCUT2D eigenvalue weighted by Crippen LogP contribution is 2.18. The predicted molar refractivity (Wildman–Crippen MR) is 82.2 cm³/mol. The average Bonchev–Trinajstić information content (AvgIpc) is 2.40. The highest BCUT2D eigenvalue weighted by Gasteiger charge is 2.09. The topological polar surface area (TPSA) is 46.2 Å². The molecule has 2 aromatic rings. The van der Waals surface area contributed by atoms with Crippen LogP contribution >= 0.6 is 15.9 Å². The molecule has 0 aliphatic heterocycles. The minimum atomic E-state index is 0.317. The van der Waals surface area contributed by atoms with Crippen molar-refractivity contribution in [2.45, 2.75) is 12.8 Å². The van der Waals surface area contributed by atoms with Crippen molar-refractivity contribution in [3.63, 3.8) is 0 Å². The van der Waals surface area contributed by atoms with Gasteiger partial charge >= 0.3 is 0 Å². The lowest BCUT2D eigenvalue weighted by atomic mass is 9.92. The Hall–Kier alpha value is -1.32. The monoisotopic (exact) mass is 319 g/mol. The van der Waals surface area contributed by atoms with E-state index in [2.05, 4.69) is 40.2 Å². The van der Waals surface area contributed by atoms with E-state index in [1.54, 1.807) is 6.07 Å². The summed E-state index contributed by atoms with van der Waals surface area (Å²) in [6, 6.07) is 15.8. The summed E-state index contributed by atoms with van der Waals surface area (Å²) in [5.74, 6) is 0.708. The number of benzene rings is 2. The van der Waals surface area contributed by atoms with E-state index in [9.17, 15) is 5.11 Å².